The highest BCUT2D eigenvalue weighted by atomic mass is 35.5. The van der Waals surface area contributed by atoms with Crippen LogP contribution >= 0.6 is 11.6 Å². The number of nitrogens with one attached hydrogen (secondary N) is 1. The smallest absolute Gasteiger partial charge is 0.252 e. The third-order valence-corrected chi connectivity index (χ3v) is 4.40. The first-order valence-electron chi connectivity index (χ1n) is 5.39. The van der Waals surface area contributed by atoms with Gasteiger partial charge in [0.25, 0.3) is 5.24 Å². The van der Waals surface area contributed by atoms with Gasteiger partial charge in [0, 0.05) is 18.2 Å². The van der Waals surface area contributed by atoms with Crippen LogP contribution in [-0.2, 0) is 14.8 Å². The molecule has 1 aliphatic rings. The lowest BCUT2D eigenvalue weighted by molar-refractivity contribution is 0.108. The van der Waals surface area contributed by atoms with Gasteiger partial charge in [-0.15, -0.1) is 0 Å². The van der Waals surface area contributed by atoms with Crippen LogP contribution in [0.4, 0.5) is 0 Å². The summed E-state index contributed by atoms with van der Waals surface area (Å²) in [6.07, 6.45) is 0.664. The summed E-state index contributed by atoms with van der Waals surface area (Å²) >= 11 is 5.29. The average Bonchev–Trinajstić information content (AvgIpc) is 2.81. The maximum atomic E-state index is 12.0. The Kier molecular flexibility index (Phi) is 4.01. The molecule has 0 radical (unpaired) electrons. The van der Waals surface area contributed by atoms with Crippen molar-refractivity contribution in [1.29, 1.82) is 0 Å². The van der Waals surface area contributed by atoms with Crippen molar-refractivity contribution in [2.45, 2.75) is 17.4 Å². The van der Waals surface area contributed by atoms with Crippen LogP contribution in [0.25, 0.3) is 0 Å². The monoisotopic (exact) mass is 289 g/mol. The van der Waals surface area contributed by atoms with Gasteiger partial charge >= 0.3 is 0 Å². The van der Waals surface area contributed by atoms with Crippen LogP contribution in [0.1, 0.15) is 16.8 Å². The predicted molar refractivity (Wildman–Crippen MR) is 66.2 cm³/mol. The van der Waals surface area contributed by atoms with Gasteiger partial charge in [0.1, 0.15) is 0 Å². The summed E-state index contributed by atoms with van der Waals surface area (Å²) in [5, 5.41) is -0.615. The van der Waals surface area contributed by atoms with E-state index < -0.39 is 15.3 Å². The third kappa shape index (κ3) is 3.08. The Balaban J connectivity index is 2.16. The number of sulfonamides is 1. The Morgan fingerprint density at radius 1 is 1.33 bits per heavy atom. The van der Waals surface area contributed by atoms with E-state index in [-0.39, 0.29) is 16.5 Å². The predicted octanol–water partition coefficient (Wildman–Crippen LogP) is 1.13. The van der Waals surface area contributed by atoms with Crippen molar-refractivity contribution in [3.8, 4) is 0 Å². The molecule has 1 aromatic rings. The van der Waals surface area contributed by atoms with Gasteiger partial charge in [-0.05, 0) is 42.3 Å². The average molecular weight is 290 g/mol. The number of hydrogen-bond acceptors (Lipinski definition) is 4. The highest BCUT2D eigenvalue weighted by Crippen LogP contribution is 2.14. The van der Waals surface area contributed by atoms with E-state index in [0.717, 1.165) is 0 Å². The minimum Gasteiger partial charge on any atom is -0.380 e. The van der Waals surface area contributed by atoms with Crippen molar-refractivity contribution >= 4 is 26.9 Å². The van der Waals surface area contributed by atoms with E-state index in [0.29, 0.717) is 19.6 Å². The van der Waals surface area contributed by atoms with E-state index in [1.54, 1.807) is 0 Å². The lowest BCUT2D eigenvalue weighted by atomic mass is 10.2. The maximum absolute atomic E-state index is 12.0. The van der Waals surface area contributed by atoms with Gasteiger partial charge in [0.15, 0.2) is 0 Å². The van der Waals surface area contributed by atoms with Gasteiger partial charge < -0.3 is 4.74 Å². The summed E-state index contributed by atoms with van der Waals surface area (Å²) in [4.78, 5) is 11.0. The molecule has 5 nitrogen and oxygen atoms in total. The fourth-order valence-corrected chi connectivity index (χ4v) is 3.06. The molecule has 98 valence electrons. The van der Waals surface area contributed by atoms with E-state index in [2.05, 4.69) is 4.72 Å². The molecule has 7 heteroatoms. The van der Waals surface area contributed by atoms with Crippen LogP contribution < -0.4 is 4.72 Å². The standard InChI is InChI=1S/C11H12ClNO4S/c12-11(14)8-1-3-10(4-2-8)18(15,16)13-9-5-6-17-7-9/h1-4,9,13H,5-7H2. The molecule has 1 atom stereocenters. The molecule has 1 aromatic carbocycles. The molecule has 2 rings (SSSR count). The molecule has 0 aliphatic carbocycles. The fraction of sp³-hybridized carbons (Fsp3) is 0.364. The molecule has 1 unspecified atom stereocenters. The van der Waals surface area contributed by atoms with Crippen molar-refractivity contribution < 1.29 is 17.9 Å². The third-order valence-electron chi connectivity index (χ3n) is 2.64. The fourth-order valence-electron chi connectivity index (χ4n) is 1.68. The molecule has 0 bridgehead atoms. The van der Waals surface area contributed by atoms with E-state index in [4.69, 9.17) is 16.3 Å². The molecule has 0 aromatic heterocycles. The lowest BCUT2D eigenvalue weighted by Crippen LogP contribution is -2.34. The second kappa shape index (κ2) is 5.36. The van der Waals surface area contributed by atoms with Crippen LogP contribution in [0.2, 0.25) is 0 Å². The Bertz CT molecular complexity index is 535. The largest absolute Gasteiger partial charge is 0.380 e. The first-order chi connectivity index (χ1) is 8.49. The number of rotatable bonds is 4. The Morgan fingerprint density at radius 2 is 2.00 bits per heavy atom. The number of hydrogen-bond donors (Lipinski definition) is 1. The molecular weight excluding hydrogens is 278 g/mol. The van der Waals surface area contributed by atoms with Gasteiger partial charge in [-0.3, -0.25) is 4.79 Å². The highest BCUT2D eigenvalue weighted by Gasteiger charge is 2.23. The molecule has 1 heterocycles. The summed E-state index contributed by atoms with van der Waals surface area (Å²) in [6, 6.07) is 5.29. The summed E-state index contributed by atoms with van der Waals surface area (Å²) in [5.74, 6) is 0. The molecule has 1 saturated heterocycles. The summed E-state index contributed by atoms with van der Waals surface area (Å²) < 4.78 is 31.6. The Morgan fingerprint density at radius 3 is 2.50 bits per heavy atom. The van der Waals surface area contributed by atoms with Gasteiger partial charge in [-0.25, -0.2) is 13.1 Å². The number of ether oxygens (including phenoxy) is 1. The molecular formula is C11H12ClNO4S. The van der Waals surface area contributed by atoms with Crippen LogP contribution in [0.3, 0.4) is 0 Å². The molecule has 1 fully saturated rings. The second-order valence-corrected chi connectivity index (χ2v) is 6.04. The molecule has 0 spiro atoms. The molecule has 1 N–H and O–H groups in total. The molecule has 18 heavy (non-hydrogen) atoms. The first-order valence-corrected chi connectivity index (χ1v) is 7.25. The molecule has 0 saturated carbocycles. The van der Waals surface area contributed by atoms with Crippen molar-refractivity contribution in [3.63, 3.8) is 0 Å². The van der Waals surface area contributed by atoms with E-state index in [9.17, 15) is 13.2 Å². The second-order valence-electron chi connectivity index (χ2n) is 3.98. The number of carbonyl (C=O) groups excluding carboxylic acids is 1. The van der Waals surface area contributed by atoms with Gasteiger partial charge in [-0.1, -0.05) is 0 Å². The Hall–Kier alpha value is -0.950. The van der Waals surface area contributed by atoms with Gasteiger partial charge in [0.2, 0.25) is 10.0 Å². The van der Waals surface area contributed by atoms with E-state index in [1.807, 2.05) is 0 Å². The van der Waals surface area contributed by atoms with E-state index in [1.165, 1.54) is 24.3 Å². The SMILES string of the molecule is O=C(Cl)c1ccc(S(=O)(=O)NC2CCOC2)cc1. The van der Waals surface area contributed by atoms with Crippen LogP contribution in [0.5, 0.6) is 0 Å². The van der Waals surface area contributed by atoms with E-state index >= 15 is 0 Å². The minimum atomic E-state index is -3.57. The Labute approximate surface area is 110 Å². The zero-order valence-electron chi connectivity index (χ0n) is 9.43. The van der Waals surface area contributed by atoms with Crippen LogP contribution in [0.15, 0.2) is 29.2 Å². The zero-order chi connectivity index (χ0) is 13.2. The van der Waals surface area contributed by atoms with Crippen LogP contribution in [-0.4, -0.2) is 32.9 Å². The molecule has 0 amide bonds. The normalized spacial score (nSPS) is 19.9. The van der Waals surface area contributed by atoms with Crippen molar-refractivity contribution in [3.05, 3.63) is 29.8 Å². The van der Waals surface area contributed by atoms with Crippen LogP contribution in [0, 0.1) is 0 Å². The maximum Gasteiger partial charge on any atom is 0.252 e. The van der Waals surface area contributed by atoms with Crippen molar-refractivity contribution in [2.75, 3.05) is 13.2 Å². The lowest BCUT2D eigenvalue weighted by Gasteiger charge is -2.11. The van der Waals surface area contributed by atoms with Crippen molar-refractivity contribution in [2.24, 2.45) is 0 Å². The highest BCUT2D eigenvalue weighted by molar-refractivity contribution is 7.89. The minimum absolute atomic E-state index is 0.107. The zero-order valence-corrected chi connectivity index (χ0v) is 11.0. The summed E-state index contributed by atoms with van der Waals surface area (Å²) in [7, 11) is -3.57. The summed E-state index contributed by atoms with van der Waals surface area (Å²) in [6.45, 7) is 0.949. The summed E-state index contributed by atoms with van der Waals surface area (Å²) in [5.41, 5.74) is 0.264. The number of benzene rings is 1. The first kappa shape index (κ1) is 13.5. The molecule has 1 aliphatic heterocycles. The number of carbonyl (C=O) groups is 1. The van der Waals surface area contributed by atoms with Gasteiger partial charge in [0.05, 0.1) is 11.5 Å². The quantitative estimate of drug-likeness (QED) is 0.844. The number of halogens is 1. The topological polar surface area (TPSA) is 72.5 Å². The van der Waals surface area contributed by atoms with Gasteiger partial charge in [-0.2, -0.15) is 0 Å². The van der Waals surface area contributed by atoms with Crippen molar-refractivity contribution in [1.82, 2.24) is 4.72 Å².